The minimum atomic E-state index is -0.312. The third-order valence-corrected chi connectivity index (χ3v) is 7.17. The molecule has 2 saturated heterocycles. The average molecular weight is 435 g/mol. The Morgan fingerprint density at radius 2 is 1.88 bits per heavy atom. The van der Waals surface area contributed by atoms with Crippen molar-refractivity contribution in [3.05, 3.63) is 58.0 Å². The Balaban J connectivity index is 1.14. The van der Waals surface area contributed by atoms with Crippen LogP contribution in [0.5, 0.6) is 11.5 Å². The molecule has 8 nitrogen and oxygen atoms in total. The number of carbonyl (C=O) groups is 2. The third-order valence-electron chi connectivity index (χ3n) is 7.17. The Hall–Kier alpha value is -3.29. The maximum absolute atomic E-state index is 13.3. The highest BCUT2D eigenvalue weighted by atomic mass is 16.7. The van der Waals surface area contributed by atoms with Gasteiger partial charge in [-0.2, -0.15) is 0 Å². The van der Waals surface area contributed by atoms with Crippen molar-refractivity contribution < 1.29 is 19.1 Å². The van der Waals surface area contributed by atoms with Gasteiger partial charge in [0.2, 0.25) is 18.6 Å². The van der Waals surface area contributed by atoms with E-state index in [0.717, 1.165) is 17.7 Å². The van der Waals surface area contributed by atoms with Crippen molar-refractivity contribution in [1.82, 2.24) is 14.4 Å². The number of benzene rings is 1. The molecule has 4 aliphatic rings. The van der Waals surface area contributed by atoms with Gasteiger partial charge in [-0.1, -0.05) is 12.1 Å². The minimum absolute atomic E-state index is 0.00937. The molecule has 0 N–H and O–H groups in total. The molecular weight excluding hydrogens is 410 g/mol. The molecule has 0 saturated carbocycles. The topological polar surface area (TPSA) is 81.1 Å². The molecule has 166 valence electrons. The zero-order valence-corrected chi connectivity index (χ0v) is 17.7. The second kappa shape index (κ2) is 7.39. The number of ether oxygens (including phenoxy) is 2. The first-order chi connectivity index (χ1) is 15.5. The summed E-state index contributed by atoms with van der Waals surface area (Å²) in [5.41, 5.74) is 2.03. The maximum atomic E-state index is 13.3. The molecule has 1 aromatic carbocycles. The second-order valence-electron chi connectivity index (χ2n) is 9.30. The number of nitrogens with zero attached hydrogens (tertiary/aromatic N) is 3. The lowest BCUT2D eigenvalue weighted by Crippen LogP contribution is -2.50. The van der Waals surface area contributed by atoms with E-state index >= 15 is 0 Å². The van der Waals surface area contributed by atoms with E-state index in [2.05, 4.69) is 0 Å². The van der Waals surface area contributed by atoms with Gasteiger partial charge < -0.3 is 23.8 Å². The summed E-state index contributed by atoms with van der Waals surface area (Å²) in [6.45, 7) is 3.05. The molecule has 2 aromatic rings. The number of amides is 2. The number of pyridine rings is 1. The molecule has 32 heavy (non-hydrogen) atoms. The highest BCUT2D eigenvalue weighted by Crippen LogP contribution is 2.37. The first-order valence-electron chi connectivity index (χ1n) is 11.2. The van der Waals surface area contributed by atoms with E-state index in [4.69, 9.17) is 9.47 Å². The largest absolute Gasteiger partial charge is 0.454 e. The molecule has 3 atom stereocenters. The van der Waals surface area contributed by atoms with Gasteiger partial charge in [-0.15, -0.1) is 0 Å². The molecule has 2 fully saturated rings. The number of hydrogen-bond donors (Lipinski definition) is 0. The summed E-state index contributed by atoms with van der Waals surface area (Å²) in [6.07, 6.45) is 1.26. The quantitative estimate of drug-likeness (QED) is 0.731. The van der Waals surface area contributed by atoms with Crippen LogP contribution in [0.3, 0.4) is 0 Å². The van der Waals surface area contributed by atoms with Crippen molar-refractivity contribution >= 4 is 11.8 Å². The van der Waals surface area contributed by atoms with Crippen molar-refractivity contribution in [1.29, 1.82) is 0 Å². The van der Waals surface area contributed by atoms with Gasteiger partial charge in [-0.25, -0.2) is 0 Å². The van der Waals surface area contributed by atoms with Crippen LogP contribution >= 0.6 is 0 Å². The number of aromatic nitrogens is 1. The zero-order valence-electron chi connectivity index (χ0n) is 17.7. The number of fused-ring (bicyclic) bond motifs is 5. The fraction of sp³-hybridized carbons (Fsp3) is 0.458. The van der Waals surface area contributed by atoms with Gasteiger partial charge in [-0.05, 0) is 36.1 Å². The van der Waals surface area contributed by atoms with Crippen LogP contribution in [0.2, 0.25) is 0 Å². The Labute approximate surface area is 185 Å². The standard InChI is InChI=1S/C24H25N3O5/c28-22-3-1-2-19-17-6-16(11-27(19)22)10-26(12-17)24(30)18-8-23(29)25(13-18)9-15-4-5-20-21(7-15)32-14-31-20/h1-5,7,16-18H,6,8-14H2/t16-,17+,18+/m1/s1. The Morgan fingerprint density at radius 1 is 1.00 bits per heavy atom. The molecule has 6 rings (SSSR count). The van der Waals surface area contributed by atoms with Crippen molar-refractivity contribution in [2.75, 3.05) is 26.4 Å². The first kappa shape index (κ1) is 19.4. The van der Waals surface area contributed by atoms with E-state index in [1.165, 1.54) is 0 Å². The fourth-order valence-electron chi connectivity index (χ4n) is 5.68. The number of likely N-dealkylation sites (tertiary alicyclic amines) is 2. The van der Waals surface area contributed by atoms with Crippen LogP contribution in [-0.4, -0.2) is 52.6 Å². The molecule has 5 heterocycles. The Bertz CT molecular complexity index is 1160. The van der Waals surface area contributed by atoms with Gasteiger partial charge >= 0.3 is 0 Å². The SMILES string of the molecule is O=C1C[C@H](C(=O)N2C[C@H]3C[C@@H](C2)c2cccc(=O)n2C3)CN1Cc1ccc2c(c1)OCO2. The predicted octanol–water partition coefficient (Wildman–Crippen LogP) is 1.57. The molecule has 8 heteroatoms. The van der Waals surface area contributed by atoms with Gasteiger partial charge in [0.05, 0.1) is 5.92 Å². The zero-order chi connectivity index (χ0) is 21.8. The third kappa shape index (κ3) is 3.25. The summed E-state index contributed by atoms with van der Waals surface area (Å²) in [4.78, 5) is 41.9. The lowest BCUT2D eigenvalue weighted by molar-refractivity contribution is -0.138. The molecular formula is C24H25N3O5. The van der Waals surface area contributed by atoms with Crippen LogP contribution in [0, 0.1) is 11.8 Å². The van der Waals surface area contributed by atoms with Gasteiger partial charge in [-0.3, -0.25) is 14.4 Å². The number of carbonyl (C=O) groups excluding carboxylic acids is 2. The maximum Gasteiger partial charge on any atom is 0.250 e. The normalized spacial score (nSPS) is 25.8. The average Bonchev–Trinajstić information content (AvgIpc) is 3.40. The monoisotopic (exact) mass is 435 g/mol. The predicted molar refractivity (Wildman–Crippen MR) is 114 cm³/mol. The summed E-state index contributed by atoms with van der Waals surface area (Å²) < 4.78 is 12.6. The lowest BCUT2D eigenvalue weighted by atomic mass is 9.82. The van der Waals surface area contributed by atoms with E-state index in [1.807, 2.05) is 33.7 Å². The molecule has 0 radical (unpaired) electrons. The number of hydrogen-bond acceptors (Lipinski definition) is 5. The van der Waals surface area contributed by atoms with Gasteiger partial charge in [0.25, 0.3) is 5.56 Å². The number of rotatable bonds is 3. The molecule has 1 aromatic heterocycles. The van der Waals surface area contributed by atoms with E-state index in [1.54, 1.807) is 17.0 Å². The molecule has 2 amide bonds. The fourth-order valence-corrected chi connectivity index (χ4v) is 5.68. The van der Waals surface area contributed by atoms with Crippen LogP contribution in [0.4, 0.5) is 0 Å². The van der Waals surface area contributed by atoms with E-state index < -0.39 is 0 Å². The summed E-state index contributed by atoms with van der Waals surface area (Å²) in [5.74, 6) is 1.64. The van der Waals surface area contributed by atoms with Crippen LogP contribution in [-0.2, 0) is 22.7 Å². The van der Waals surface area contributed by atoms with E-state index in [-0.39, 0.29) is 48.3 Å². The molecule has 0 aliphatic carbocycles. The number of piperidine rings is 1. The van der Waals surface area contributed by atoms with Crippen molar-refractivity contribution in [3.8, 4) is 11.5 Å². The summed E-state index contributed by atoms with van der Waals surface area (Å²) in [7, 11) is 0. The highest BCUT2D eigenvalue weighted by molar-refractivity contribution is 5.89. The summed E-state index contributed by atoms with van der Waals surface area (Å²) in [6, 6.07) is 11.1. The highest BCUT2D eigenvalue weighted by Gasteiger charge is 2.41. The van der Waals surface area contributed by atoms with Crippen LogP contribution in [0.15, 0.2) is 41.2 Å². The van der Waals surface area contributed by atoms with Crippen molar-refractivity contribution in [2.24, 2.45) is 11.8 Å². The molecule has 0 spiro atoms. The smallest absolute Gasteiger partial charge is 0.250 e. The van der Waals surface area contributed by atoms with Crippen LogP contribution in [0.25, 0.3) is 0 Å². The van der Waals surface area contributed by atoms with Gasteiger partial charge in [0, 0.05) is 56.8 Å². The molecule has 0 unspecified atom stereocenters. The van der Waals surface area contributed by atoms with Crippen molar-refractivity contribution in [3.63, 3.8) is 0 Å². The Morgan fingerprint density at radius 3 is 2.78 bits per heavy atom. The van der Waals surface area contributed by atoms with Crippen molar-refractivity contribution in [2.45, 2.75) is 31.8 Å². The van der Waals surface area contributed by atoms with Crippen LogP contribution < -0.4 is 15.0 Å². The van der Waals surface area contributed by atoms with E-state index in [0.29, 0.717) is 44.2 Å². The minimum Gasteiger partial charge on any atom is -0.454 e. The lowest BCUT2D eigenvalue weighted by Gasteiger charge is -2.43. The van der Waals surface area contributed by atoms with Gasteiger partial charge in [0.1, 0.15) is 0 Å². The van der Waals surface area contributed by atoms with Gasteiger partial charge in [0.15, 0.2) is 11.5 Å². The molecule has 2 bridgehead atoms. The second-order valence-corrected chi connectivity index (χ2v) is 9.30. The Kier molecular flexibility index (Phi) is 4.48. The van der Waals surface area contributed by atoms with Crippen LogP contribution in [0.1, 0.15) is 30.0 Å². The summed E-state index contributed by atoms with van der Waals surface area (Å²) in [5, 5.41) is 0. The first-order valence-corrected chi connectivity index (χ1v) is 11.2. The summed E-state index contributed by atoms with van der Waals surface area (Å²) >= 11 is 0. The van der Waals surface area contributed by atoms with E-state index in [9.17, 15) is 14.4 Å². The molecule has 4 aliphatic heterocycles.